The van der Waals surface area contributed by atoms with Crippen LogP contribution < -0.4 is 4.74 Å². The SMILES string of the molecule is CCCCS(=O)(=O)c1ccc(OC(C)(C)C2CO2)cc1. The van der Waals surface area contributed by atoms with Crippen molar-refractivity contribution in [1.29, 1.82) is 0 Å². The Kier molecular flexibility index (Phi) is 4.39. The molecule has 4 nitrogen and oxygen atoms in total. The van der Waals surface area contributed by atoms with Crippen LogP contribution in [0.15, 0.2) is 29.2 Å². The van der Waals surface area contributed by atoms with Gasteiger partial charge in [-0.2, -0.15) is 0 Å². The highest BCUT2D eigenvalue weighted by Crippen LogP contribution is 2.30. The van der Waals surface area contributed by atoms with E-state index in [1.54, 1.807) is 24.3 Å². The van der Waals surface area contributed by atoms with Crippen LogP contribution in [-0.2, 0) is 14.6 Å². The fourth-order valence-electron chi connectivity index (χ4n) is 1.99. The molecule has 2 rings (SSSR count). The Labute approximate surface area is 121 Å². The second-order valence-electron chi connectivity index (χ2n) is 5.67. The van der Waals surface area contributed by atoms with Crippen LogP contribution in [0.1, 0.15) is 33.6 Å². The predicted molar refractivity (Wildman–Crippen MR) is 77.8 cm³/mol. The number of rotatable bonds is 7. The van der Waals surface area contributed by atoms with E-state index in [0.29, 0.717) is 17.1 Å². The third-order valence-corrected chi connectivity index (χ3v) is 5.26. The van der Waals surface area contributed by atoms with Gasteiger partial charge in [-0.05, 0) is 44.5 Å². The zero-order valence-electron chi connectivity index (χ0n) is 12.3. The van der Waals surface area contributed by atoms with Gasteiger partial charge in [0, 0.05) is 0 Å². The lowest BCUT2D eigenvalue weighted by molar-refractivity contribution is 0.0743. The smallest absolute Gasteiger partial charge is 0.178 e. The van der Waals surface area contributed by atoms with Crippen LogP contribution in [-0.4, -0.2) is 32.5 Å². The zero-order chi connectivity index (χ0) is 14.8. The average molecular weight is 298 g/mol. The number of sulfone groups is 1. The lowest BCUT2D eigenvalue weighted by atomic mass is 10.1. The molecule has 112 valence electrons. The zero-order valence-corrected chi connectivity index (χ0v) is 13.1. The topological polar surface area (TPSA) is 55.9 Å². The molecular weight excluding hydrogens is 276 g/mol. The first kappa shape index (κ1) is 15.3. The number of hydrogen-bond acceptors (Lipinski definition) is 4. The minimum absolute atomic E-state index is 0.121. The van der Waals surface area contributed by atoms with E-state index in [4.69, 9.17) is 9.47 Å². The van der Waals surface area contributed by atoms with Crippen molar-refractivity contribution >= 4 is 9.84 Å². The molecule has 1 aromatic rings. The molecule has 20 heavy (non-hydrogen) atoms. The lowest BCUT2D eigenvalue weighted by Crippen LogP contribution is -2.34. The van der Waals surface area contributed by atoms with Crippen LogP contribution in [0.25, 0.3) is 0 Å². The highest BCUT2D eigenvalue weighted by molar-refractivity contribution is 7.91. The molecule has 1 atom stereocenters. The molecule has 1 heterocycles. The maximum absolute atomic E-state index is 12.0. The molecule has 0 aliphatic carbocycles. The fraction of sp³-hybridized carbons (Fsp3) is 0.600. The van der Waals surface area contributed by atoms with Gasteiger partial charge in [-0.1, -0.05) is 13.3 Å². The Balaban J connectivity index is 2.06. The molecule has 0 bridgehead atoms. The summed E-state index contributed by atoms with van der Waals surface area (Å²) in [6.07, 6.45) is 1.68. The summed E-state index contributed by atoms with van der Waals surface area (Å²) < 4.78 is 35.2. The maximum atomic E-state index is 12.0. The van der Waals surface area contributed by atoms with Gasteiger partial charge in [-0.3, -0.25) is 0 Å². The molecule has 0 spiro atoms. The van der Waals surface area contributed by atoms with Gasteiger partial charge < -0.3 is 9.47 Å². The van der Waals surface area contributed by atoms with Gasteiger partial charge >= 0.3 is 0 Å². The van der Waals surface area contributed by atoms with E-state index in [1.807, 2.05) is 20.8 Å². The van der Waals surface area contributed by atoms with Gasteiger partial charge in [0.25, 0.3) is 0 Å². The molecular formula is C15H22O4S. The molecule has 5 heteroatoms. The van der Waals surface area contributed by atoms with E-state index < -0.39 is 9.84 Å². The third-order valence-electron chi connectivity index (χ3n) is 3.44. The van der Waals surface area contributed by atoms with Crippen molar-refractivity contribution in [3.63, 3.8) is 0 Å². The first-order valence-corrected chi connectivity index (χ1v) is 8.64. The van der Waals surface area contributed by atoms with Gasteiger partial charge in [0.05, 0.1) is 17.3 Å². The number of epoxide rings is 1. The lowest BCUT2D eigenvalue weighted by Gasteiger charge is -2.24. The van der Waals surface area contributed by atoms with Gasteiger partial charge in [-0.25, -0.2) is 8.42 Å². The second kappa shape index (κ2) is 5.74. The van der Waals surface area contributed by atoms with E-state index >= 15 is 0 Å². The van der Waals surface area contributed by atoms with Crippen LogP contribution >= 0.6 is 0 Å². The summed E-state index contributed by atoms with van der Waals surface area (Å²) in [5.74, 6) is 0.866. The highest BCUT2D eigenvalue weighted by Gasteiger charge is 2.41. The van der Waals surface area contributed by atoms with Crippen molar-refractivity contribution < 1.29 is 17.9 Å². The number of hydrogen-bond donors (Lipinski definition) is 0. The maximum Gasteiger partial charge on any atom is 0.178 e. The molecule has 1 unspecified atom stereocenters. The Hall–Kier alpha value is -1.07. The molecule has 0 saturated carbocycles. The molecule has 1 aliphatic rings. The Morgan fingerprint density at radius 3 is 2.40 bits per heavy atom. The quantitative estimate of drug-likeness (QED) is 0.726. The van der Waals surface area contributed by atoms with E-state index in [2.05, 4.69) is 0 Å². The number of ether oxygens (including phenoxy) is 2. The highest BCUT2D eigenvalue weighted by atomic mass is 32.2. The van der Waals surface area contributed by atoms with Crippen LogP contribution in [0, 0.1) is 0 Å². The monoisotopic (exact) mass is 298 g/mol. The van der Waals surface area contributed by atoms with Gasteiger partial charge in [0.1, 0.15) is 17.5 Å². The van der Waals surface area contributed by atoms with Crippen molar-refractivity contribution in [2.45, 2.75) is 50.2 Å². The standard InChI is InChI=1S/C15H22O4S/c1-4-5-10-20(16,17)13-8-6-12(7-9-13)19-15(2,3)14-11-18-14/h6-9,14H,4-5,10-11H2,1-3H3. The van der Waals surface area contributed by atoms with E-state index in [0.717, 1.165) is 13.0 Å². The van der Waals surface area contributed by atoms with Crippen LogP contribution in [0.3, 0.4) is 0 Å². The van der Waals surface area contributed by atoms with Crippen LogP contribution in [0.5, 0.6) is 5.75 Å². The molecule has 0 N–H and O–H groups in total. The molecule has 1 aromatic carbocycles. The largest absolute Gasteiger partial charge is 0.485 e. The molecule has 1 aliphatic heterocycles. The fourth-order valence-corrected chi connectivity index (χ4v) is 3.44. The molecule has 1 fully saturated rings. The van der Waals surface area contributed by atoms with Crippen molar-refractivity contribution in [3.8, 4) is 5.75 Å². The number of unbranched alkanes of at least 4 members (excludes halogenated alkanes) is 1. The minimum atomic E-state index is -3.17. The normalized spacial score (nSPS) is 18.9. The predicted octanol–water partition coefficient (Wildman–Crippen LogP) is 2.82. The first-order valence-electron chi connectivity index (χ1n) is 6.98. The molecule has 0 aromatic heterocycles. The van der Waals surface area contributed by atoms with Crippen LogP contribution in [0.4, 0.5) is 0 Å². The summed E-state index contributed by atoms with van der Waals surface area (Å²) in [6, 6.07) is 6.65. The van der Waals surface area contributed by atoms with Crippen molar-refractivity contribution in [2.24, 2.45) is 0 Å². The van der Waals surface area contributed by atoms with Gasteiger partial charge in [0.2, 0.25) is 0 Å². The number of benzene rings is 1. The van der Waals surface area contributed by atoms with E-state index in [1.165, 1.54) is 0 Å². The Morgan fingerprint density at radius 2 is 1.90 bits per heavy atom. The summed E-state index contributed by atoms with van der Waals surface area (Å²) in [4.78, 5) is 0.360. The molecule has 0 amide bonds. The summed E-state index contributed by atoms with van der Waals surface area (Å²) in [6.45, 7) is 6.64. The summed E-state index contributed by atoms with van der Waals surface area (Å²) >= 11 is 0. The Morgan fingerprint density at radius 1 is 1.30 bits per heavy atom. The minimum Gasteiger partial charge on any atom is -0.485 e. The second-order valence-corrected chi connectivity index (χ2v) is 7.78. The van der Waals surface area contributed by atoms with Gasteiger partial charge in [0.15, 0.2) is 9.84 Å². The third kappa shape index (κ3) is 3.73. The summed E-state index contributed by atoms with van der Waals surface area (Å²) in [7, 11) is -3.17. The van der Waals surface area contributed by atoms with Gasteiger partial charge in [-0.15, -0.1) is 0 Å². The van der Waals surface area contributed by atoms with Crippen molar-refractivity contribution in [2.75, 3.05) is 12.4 Å². The summed E-state index contributed by atoms with van der Waals surface area (Å²) in [5, 5.41) is 0. The average Bonchev–Trinajstić information content (AvgIpc) is 3.21. The Bertz CT molecular complexity index is 542. The van der Waals surface area contributed by atoms with Crippen molar-refractivity contribution in [1.82, 2.24) is 0 Å². The molecule has 1 saturated heterocycles. The van der Waals surface area contributed by atoms with Crippen LogP contribution in [0.2, 0.25) is 0 Å². The first-order chi connectivity index (χ1) is 9.35. The molecule has 0 radical (unpaired) electrons. The summed E-state index contributed by atoms with van der Waals surface area (Å²) in [5.41, 5.74) is -0.386. The van der Waals surface area contributed by atoms with Crippen molar-refractivity contribution in [3.05, 3.63) is 24.3 Å². The van der Waals surface area contributed by atoms with E-state index in [-0.39, 0.29) is 17.5 Å². The van der Waals surface area contributed by atoms with E-state index in [9.17, 15) is 8.42 Å².